The first-order valence-electron chi connectivity index (χ1n) is 19.0. The highest BCUT2D eigenvalue weighted by molar-refractivity contribution is 6.12. The average molecular weight is 715 g/mol. The van der Waals surface area contributed by atoms with Gasteiger partial charge >= 0.3 is 0 Å². The van der Waals surface area contributed by atoms with Gasteiger partial charge in [0.25, 0.3) is 0 Å². The first-order valence-corrected chi connectivity index (χ1v) is 19.0. The number of aromatic nitrogens is 4. The molecule has 4 nitrogen and oxygen atoms in total. The van der Waals surface area contributed by atoms with Crippen LogP contribution in [0.1, 0.15) is 0 Å². The molecular weight excluding hydrogens is 681 g/mol. The Morgan fingerprint density at radius 3 is 1.32 bits per heavy atom. The third-order valence-electron chi connectivity index (χ3n) is 10.9. The second kappa shape index (κ2) is 13.1. The second-order valence-electron chi connectivity index (χ2n) is 14.2. The van der Waals surface area contributed by atoms with Gasteiger partial charge in [-0.25, -0.2) is 9.97 Å². The van der Waals surface area contributed by atoms with Crippen LogP contribution < -0.4 is 0 Å². The molecule has 56 heavy (non-hydrogen) atoms. The number of para-hydroxylation sites is 3. The van der Waals surface area contributed by atoms with Crippen LogP contribution in [0.15, 0.2) is 206 Å². The summed E-state index contributed by atoms with van der Waals surface area (Å²) in [6, 6.07) is 73.3. The monoisotopic (exact) mass is 714 g/mol. The normalized spacial score (nSPS) is 11.6. The molecule has 4 heteroatoms. The van der Waals surface area contributed by atoms with Gasteiger partial charge in [0.2, 0.25) is 0 Å². The topological polar surface area (TPSA) is 35.6 Å². The van der Waals surface area contributed by atoms with E-state index in [1.54, 1.807) is 0 Å². The van der Waals surface area contributed by atoms with E-state index in [0.717, 1.165) is 50.5 Å². The molecule has 0 radical (unpaired) electrons. The van der Waals surface area contributed by atoms with Crippen molar-refractivity contribution in [3.8, 4) is 56.4 Å². The van der Waals surface area contributed by atoms with Gasteiger partial charge in [0.1, 0.15) is 0 Å². The summed E-state index contributed by atoms with van der Waals surface area (Å²) < 4.78 is 4.78. The maximum absolute atomic E-state index is 5.15. The van der Waals surface area contributed by atoms with E-state index in [1.807, 2.05) is 24.3 Å². The molecule has 3 aromatic heterocycles. The number of hydrogen-bond acceptors (Lipinski definition) is 2. The highest BCUT2D eigenvalue weighted by Crippen LogP contribution is 2.39. The molecule has 11 rings (SSSR count). The number of hydrogen-bond donors (Lipinski definition) is 0. The van der Waals surface area contributed by atoms with Gasteiger partial charge in [-0.1, -0.05) is 152 Å². The van der Waals surface area contributed by atoms with Gasteiger partial charge in [0, 0.05) is 49.6 Å². The van der Waals surface area contributed by atoms with Crippen LogP contribution in [0.5, 0.6) is 0 Å². The van der Waals surface area contributed by atoms with E-state index in [1.165, 1.54) is 43.7 Å². The SMILES string of the molecule is c1ccc(-c2cc(-c3cccc(-n4c5ccccc5c5ccc(-c6ccc7c8ccccc8n(-c8ccccc8)c7c6)cc54)c3)nc(-c3ccccc3)n2)cc1. The minimum absolute atomic E-state index is 0.706. The molecular formula is C52H34N4. The fourth-order valence-electron chi connectivity index (χ4n) is 8.31. The second-order valence-corrected chi connectivity index (χ2v) is 14.2. The lowest BCUT2D eigenvalue weighted by atomic mass is 10.0. The van der Waals surface area contributed by atoms with Crippen LogP contribution in [0.4, 0.5) is 0 Å². The molecule has 0 aliphatic rings. The molecule has 0 bridgehead atoms. The van der Waals surface area contributed by atoms with Crippen LogP contribution in [-0.2, 0) is 0 Å². The van der Waals surface area contributed by atoms with Gasteiger partial charge < -0.3 is 9.13 Å². The fraction of sp³-hybridized carbons (Fsp3) is 0. The van der Waals surface area contributed by atoms with Gasteiger partial charge in [0.05, 0.1) is 33.5 Å². The van der Waals surface area contributed by atoms with Crippen molar-refractivity contribution in [3.05, 3.63) is 206 Å². The third kappa shape index (κ3) is 5.31. The summed E-state index contributed by atoms with van der Waals surface area (Å²) in [4.78, 5) is 10.2. The van der Waals surface area contributed by atoms with Crippen LogP contribution in [0.2, 0.25) is 0 Å². The zero-order valence-electron chi connectivity index (χ0n) is 30.4. The molecule has 0 aliphatic carbocycles. The van der Waals surface area contributed by atoms with Crippen LogP contribution in [0.25, 0.3) is 100 Å². The third-order valence-corrected chi connectivity index (χ3v) is 10.9. The lowest BCUT2D eigenvalue weighted by Crippen LogP contribution is -1.98. The Morgan fingerprint density at radius 2 is 0.714 bits per heavy atom. The Morgan fingerprint density at radius 1 is 0.268 bits per heavy atom. The predicted octanol–water partition coefficient (Wildman–Crippen LogP) is 13.3. The molecule has 0 aliphatic heterocycles. The molecule has 0 saturated heterocycles. The molecule has 11 aromatic rings. The smallest absolute Gasteiger partial charge is 0.160 e. The molecule has 3 heterocycles. The van der Waals surface area contributed by atoms with E-state index in [-0.39, 0.29) is 0 Å². The molecule has 0 saturated carbocycles. The van der Waals surface area contributed by atoms with E-state index in [4.69, 9.17) is 9.97 Å². The Balaban J connectivity index is 1.08. The molecule has 0 fully saturated rings. The number of fused-ring (bicyclic) bond motifs is 6. The van der Waals surface area contributed by atoms with Gasteiger partial charge in [0.15, 0.2) is 5.82 Å². The minimum atomic E-state index is 0.706. The van der Waals surface area contributed by atoms with E-state index in [2.05, 4.69) is 191 Å². The lowest BCUT2D eigenvalue weighted by Gasteiger charge is -2.13. The van der Waals surface area contributed by atoms with Crippen molar-refractivity contribution < 1.29 is 0 Å². The van der Waals surface area contributed by atoms with Gasteiger partial charge in [-0.05, 0) is 65.7 Å². The summed E-state index contributed by atoms with van der Waals surface area (Å²) in [5.41, 5.74) is 14.1. The molecule has 0 N–H and O–H groups in total. The van der Waals surface area contributed by atoms with Crippen molar-refractivity contribution in [2.24, 2.45) is 0 Å². The first-order chi connectivity index (χ1) is 27.8. The number of benzene rings is 8. The van der Waals surface area contributed by atoms with Crippen molar-refractivity contribution in [2.75, 3.05) is 0 Å². The maximum atomic E-state index is 5.15. The summed E-state index contributed by atoms with van der Waals surface area (Å²) in [7, 11) is 0. The highest BCUT2D eigenvalue weighted by Gasteiger charge is 2.17. The van der Waals surface area contributed by atoms with Crippen molar-refractivity contribution >= 4 is 43.6 Å². The zero-order chi connectivity index (χ0) is 37.0. The number of rotatable bonds is 6. The van der Waals surface area contributed by atoms with Crippen LogP contribution in [0, 0.1) is 0 Å². The quantitative estimate of drug-likeness (QED) is 0.172. The highest BCUT2D eigenvalue weighted by atomic mass is 15.0. The van der Waals surface area contributed by atoms with Gasteiger partial charge in [-0.15, -0.1) is 0 Å². The molecule has 0 amide bonds. The summed E-state index contributed by atoms with van der Waals surface area (Å²) in [6.07, 6.45) is 0. The molecule has 0 atom stereocenters. The first kappa shape index (κ1) is 31.9. The van der Waals surface area contributed by atoms with E-state index in [9.17, 15) is 0 Å². The molecule has 8 aromatic carbocycles. The van der Waals surface area contributed by atoms with Gasteiger partial charge in [-0.2, -0.15) is 0 Å². The Labute approximate surface area is 324 Å². The summed E-state index contributed by atoms with van der Waals surface area (Å²) in [6.45, 7) is 0. The Kier molecular flexibility index (Phi) is 7.46. The van der Waals surface area contributed by atoms with Crippen molar-refractivity contribution in [3.63, 3.8) is 0 Å². The lowest BCUT2D eigenvalue weighted by molar-refractivity contribution is 1.16. The van der Waals surface area contributed by atoms with Crippen molar-refractivity contribution in [1.82, 2.24) is 19.1 Å². The fourth-order valence-corrected chi connectivity index (χ4v) is 8.31. The van der Waals surface area contributed by atoms with Crippen LogP contribution >= 0.6 is 0 Å². The van der Waals surface area contributed by atoms with E-state index in [0.29, 0.717) is 5.82 Å². The van der Waals surface area contributed by atoms with Crippen molar-refractivity contribution in [2.45, 2.75) is 0 Å². The molecule has 0 unspecified atom stereocenters. The molecule has 0 spiro atoms. The summed E-state index contributed by atoms with van der Waals surface area (Å²) in [5, 5.41) is 4.94. The summed E-state index contributed by atoms with van der Waals surface area (Å²) in [5.74, 6) is 0.706. The number of nitrogens with zero attached hydrogens (tertiary/aromatic N) is 4. The largest absolute Gasteiger partial charge is 0.309 e. The summed E-state index contributed by atoms with van der Waals surface area (Å²) >= 11 is 0. The van der Waals surface area contributed by atoms with Gasteiger partial charge in [-0.3, -0.25) is 0 Å². The Hall–Kier alpha value is -7.56. The van der Waals surface area contributed by atoms with Crippen LogP contribution in [-0.4, -0.2) is 19.1 Å². The standard InChI is InChI=1S/C52H34N4/c1-4-15-35(16-5-1)46-34-47(54-52(53-46)36-17-6-2-7-18-36)39-19-14-22-41(31-39)56-49-26-13-11-24-43(49)45-30-28-38(33-51(45)56)37-27-29-44-42-23-10-12-25-48(42)55(50(44)32-37)40-20-8-3-9-21-40/h1-34H. The van der Waals surface area contributed by atoms with Crippen LogP contribution in [0.3, 0.4) is 0 Å². The molecule has 262 valence electrons. The van der Waals surface area contributed by atoms with Crippen molar-refractivity contribution in [1.29, 1.82) is 0 Å². The average Bonchev–Trinajstić information content (AvgIpc) is 3.79. The maximum Gasteiger partial charge on any atom is 0.160 e. The predicted molar refractivity (Wildman–Crippen MR) is 232 cm³/mol. The minimum Gasteiger partial charge on any atom is -0.309 e. The van der Waals surface area contributed by atoms with E-state index < -0.39 is 0 Å². The Bertz CT molecular complexity index is 3170. The van der Waals surface area contributed by atoms with E-state index >= 15 is 0 Å². The zero-order valence-corrected chi connectivity index (χ0v) is 30.4.